The maximum atomic E-state index is 12.6. The summed E-state index contributed by atoms with van der Waals surface area (Å²) in [6.07, 6.45) is -5.38. The summed E-state index contributed by atoms with van der Waals surface area (Å²) in [5.74, 6) is -0.220. The zero-order chi connectivity index (χ0) is 20.5. The highest BCUT2D eigenvalue weighted by Gasteiger charge is 2.30. The Morgan fingerprint density at radius 3 is 2.43 bits per heavy atom. The number of alkyl halides is 3. The molecule has 0 radical (unpaired) electrons. The van der Waals surface area contributed by atoms with E-state index in [1.807, 2.05) is 0 Å². The number of nitrogens with one attached hydrogen (secondary N) is 1. The minimum Gasteiger partial charge on any atom is -0.481 e. The minimum absolute atomic E-state index is 0.216. The van der Waals surface area contributed by atoms with Gasteiger partial charge in [-0.1, -0.05) is 0 Å². The van der Waals surface area contributed by atoms with E-state index in [0.29, 0.717) is 11.3 Å². The summed E-state index contributed by atoms with van der Waals surface area (Å²) in [5, 5.41) is 3.24. The van der Waals surface area contributed by atoms with Gasteiger partial charge in [0.15, 0.2) is 6.10 Å². The van der Waals surface area contributed by atoms with Crippen molar-refractivity contribution in [3.05, 3.63) is 70.1 Å². The molecule has 3 aromatic rings. The molecule has 0 aliphatic carbocycles. The first-order valence-electron chi connectivity index (χ1n) is 8.33. The van der Waals surface area contributed by atoms with E-state index in [9.17, 15) is 22.8 Å². The molecule has 0 saturated heterocycles. The Labute approximate surface area is 157 Å². The second-order valence-electron chi connectivity index (χ2n) is 6.23. The first kappa shape index (κ1) is 19.5. The topological polar surface area (TPSA) is 68.5 Å². The molecule has 1 atom stereocenters. The van der Waals surface area contributed by atoms with Gasteiger partial charge in [-0.15, -0.1) is 0 Å². The third-order valence-electron chi connectivity index (χ3n) is 4.08. The van der Waals surface area contributed by atoms with Gasteiger partial charge in [-0.05, 0) is 55.8 Å². The van der Waals surface area contributed by atoms with E-state index in [1.165, 1.54) is 31.2 Å². The number of benzene rings is 2. The van der Waals surface area contributed by atoms with Crippen molar-refractivity contribution in [2.45, 2.75) is 26.1 Å². The number of anilines is 1. The lowest BCUT2D eigenvalue weighted by Crippen LogP contribution is -2.30. The van der Waals surface area contributed by atoms with Crippen molar-refractivity contribution >= 4 is 22.6 Å². The van der Waals surface area contributed by atoms with E-state index in [0.717, 1.165) is 23.1 Å². The van der Waals surface area contributed by atoms with E-state index in [4.69, 9.17) is 9.15 Å². The smallest absolute Gasteiger partial charge is 0.416 e. The van der Waals surface area contributed by atoms with Gasteiger partial charge in [0.2, 0.25) is 0 Å². The van der Waals surface area contributed by atoms with Crippen LogP contribution in [0.15, 0.2) is 57.7 Å². The number of amides is 1. The van der Waals surface area contributed by atoms with Crippen LogP contribution in [0.1, 0.15) is 18.1 Å². The molecule has 0 spiro atoms. The van der Waals surface area contributed by atoms with Crippen LogP contribution in [-0.2, 0) is 11.0 Å². The lowest BCUT2D eigenvalue weighted by Gasteiger charge is -2.15. The molecule has 0 aliphatic rings. The number of fused-ring (bicyclic) bond motifs is 1. The first-order chi connectivity index (χ1) is 13.1. The van der Waals surface area contributed by atoms with Gasteiger partial charge in [-0.3, -0.25) is 4.79 Å². The third-order valence-corrected chi connectivity index (χ3v) is 4.08. The average Bonchev–Trinajstić information content (AvgIpc) is 2.60. The predicted octanol–water partition coefficient (Wildman–Crippen LogP) is 4.53. The van der Waals surface area contributed by atoms with Crippen molar-refractivity contribution in [3.8, 4) is 5.75 Å². The van der Waals surface area contributed by atoms with Crippen LogP contribution in [0.5, 0.6) is 5.75 Å². The number of carbonyl (C=O) groups is 1. The Balaban J connectivity index is 1.70. The summed E-state index contributed by atoms with van der Waals surface area (Å²) in [6, 6.07) is 10.3. The maximum absolute atomic E-state index is 12.6. The van der Waals surface area contributed by atoms with Gasteiger partial charge < -0.3 is 14.5 Å². The molecule has 1 unspecified atom stereocenters. The van der Waals surface area contributed by atoms with Crippen molar-refractivity contribution in [3.63, 3.8) is 0 Å². The van der Waals surface area contributed by atoms with Crippen molar-refractivity contribution in [1.29, 1.82) is 0 Å². The van der Waals surface area contributed by atoms with Gasteiger partial charge in [0.05, 0.1) is 5.56 Å². The summed E-state index contributed by atoms with van der Waals surface area (Å²) < 4.78 is 48.4. The fraction of sp³-hybridized carbons (Fsp3) is 0.200. The molecule has 8 heteroatoms. The molecule has 0 bridgehead atoms. The monoisotopic (exact) mass is 391 g/mol. The fourth-order valence-corrected chi connectivity index (χ4v) is 2.62. The van der Waals surface area contributed by atoms with E-state index < -0.39 is 29.4 Å². The molecular formula is C20H16F3NO4. The van der Waals surface area contributed by atoms with E-state index in [2.05, 4.69) is 5.32 Å². The molecule has 0 aliphatic heterocycles. The van der Waals surface area contributed by atoms with Gasteiger partial charge in [0.1, 0.15) is 11.3 Å². The number of carbonyl (C=O) groups excluding carboxylic acids is 1. The van der Waals surface area contributed by atoms with Crippen molar-refractivity contribution < 1.29 is 27.1 Å². The van der Waals surface area contributed by atoms with Crippen LogP contribution in [0, 0.1) is 6.92 Å². The second-order valence-corrected chi connectivity index (χ2v) is 6.23. The summed E-state index contributed by atoms with van der Waals surface area (Å²) >= 11 is 0. The van der Waals surface area contributed by atoms with E-state index in [1.54, 1.807) is 19.1 Å². The number of halogens is 3. The lowest BCUT2D eigenvalue weighted by atomic mass is 10.1. The molecule has 146 valence electrons. The molecule has 0 fully saturated rings. The Morgan fingerprint density at radius 2 is 1.79 bits per heavy atom. The molecule has 1 aromatic heterocycles. The molecular weight excluding hydrogens is 375 g/mol. The maximum Gasteiger partial charge on any atom is 0.416 e. The Kier molecular flexibility index (Phi) is 5.13. The third kappa shape index (κ3) is 4.33. The quantitative estimate of drug-likeness (QED) is 0.664. The highest BCUT2D eigenvalue weighted by Crippen LogP contribution is 2.30. The fourth-order valence-electron chi connectivity index (χ4n) is 2.62. The summed E-state index contributed by atoms with van der Waals surface area (Å²) in [5.41, 5.74) is 0.00955. The van der Waals surface area contributed by atoms with E-state index >= 15 is 0 Å². The van der Waals surface area contributed by atoms with Gasteiger partial charge in [-0.25, -0.2) is 4.79 Å². The first-order valence-corrected chi connectivity index (χ1v) is 8.33. The van der Waals surface area contributed by atoms with Crippen LogP contribution >= 0.6 is 0 Å². The molecule has 1 heterocycles. The van der Waals surface area contributed by atoms with Crippen LogP contribution < -0.4 is 15.7 Å². The largest absolute Gasteiger partial charge is 0.481 e. The zero-order valence-corrected chi connectivity index (χ0v) is 15.0. The Morgan fingerprint density at radius 1 is 1.11 bits per heavy atom. The molecule has 28 heavy (non-hydrogen) atoms. The number of hydrogen-bond acceptors (Lipinski definition) is 4. The van der Waals surface area contributed by atoms with Gasteiger partial charge in [-0.2, -0.15) is 13.2 Å². The van der Waals surface area contributed by atoms with Crippen molar-refractivity contribution in [1.82, 2.24) is 0 Å². The Bertz CT molecular complexity index is 1070. The number of ether oxygens (including phenoxy) is 1. The number of hydrogen-bond donors (Lipinski definition) is 1. The lowest BCUT2D eigenvalue weighted by molar-refractivity contribution is -0.137. The van der Waals surface area contributed by atoms with Gasteiger partial charge >= 0.3 is 11.8 Å². The molecule has 1 amide bonds. The van der Waals surface area contributed by atoms with Crippen LogP contribution in [0.2, 0.25) is 0 Å². The van der Waals surface area contributed by atoms with Crippen LogP contribution in [-0.4, -0.2) is 12.0 Å². The van der Waals surface area contributed by atoms with Crippen molar-refractivity contribution in [2.75, 3.05) is 5.32 Å². The standard InChI is InChI=1S/C20H16F3NO4/c1-11-9-18(25)28-17-10-15(7-8-16(11)17)27-12(2)19(26)24-14-5-3-13(4-6-14)20(21,22)23/h3-10,12H,1-2H3,(H,24,26). The summed E-state index contributed by atoms with van der Waals surface area (Å²) in [6.45, 7) is 3.27. The van der Waals surface area contributed by atoms with Crippen LogP contribution in [0.25, 0.3) is 11.0 Å². The summed E-state index contributed by atoms with van der Waals surface area (Å²) in [4.78, 5) is 23.7. The molecule has 2 aromatic carbocycles. The molecule has 1 N–H and O–H groups in total. The van der Waals surface area contributed by atoms with E-state index in [-0.39, 0.29) is 5.69 Å². The number of aryl methyl sites for hydroxylation is 1. The Hall–Kier alpha value is -3.29. The van der Waals surface area contributed by atoms with Crippen molar-refractivity contribution in [2.24, 2.45) is 0 Å². The molecule has 5 nitrogen and oxygen atoms in total. The highest BCUT2D eigenvalue weighted by molar-refractivity contribution is 5.94. The second kappa shape index (κ2) is 7.38. The zero-order valence-electron chi connectivity index (χ0n) is 15.0. The minimum atomic E-state index is -4.44. The normalized spacial score (nSPS) is 12.6. The SMILES string of the molecule is Cc1cc(=O)oc2cc(OC(C)C(=O)Nc3ccc(C(F)(F)F)cc3)ccc12. The molecule has 3 rings (SSSR count). The van der Waals surface area contributed by atoms with Crippen LogP contribution in [0.4, 0.5) is 18.9 Å². The van der Waals surface area contributed by atoms with Gasteiger partial charge in [0, 0.05) is 23.2 Å². The predicted molar refractivity (Wildman–Crippen MR) is 97.4 cm³/mol. The summed E-state index contributed by atoms with van der Waals surface area (Å²) in [7, 11) is 0. The van der Waals surface area contributed by atoms with Gasteiger partial charge in [0.25, 0.3) is 5.91 Å². The average molecular weight is 391 g/mol. The number of rotatable bonds is 4. The highest BCUT2D eigenvalue weighted by atomic mass is 19.4. The molecule has 0 saturated carbocycles. The van der Waals surface area contributed by atoms with Crippen LogP contribution in [0.3, 0.4) is 0 Å².